The van der Waals surface area contributed by atoms with Crippen LogP contribution in [0.5, 0.6) is 0 Å². The van der Waals surface area contributed by atoms with Gasteiger partial charge in [-0.2, -0.15) is 0 Å². The van der Waals surface area contributed by atoms with Gasteiger partial charge in [-0.3, -0.25) is 9.59 Å². The first kappa shape index (κ1) is 28.7. The molecule has 1 fully saturated rings. The molecule has 1 saturated carbocycles. The zero-order valence-corrected chi connectivity index (χ0v) is 23.2. The van der Waals surface area contributed by atoms with E-state index in [0.29, 0.717) is 0 Å². The zero-order valence-electron chi connectivity index (χ0n) is 23.2. The van der Waals surface area contributed by atoms with E-state index in [1.807, 2.05) is 66.7 Å². The molecule has 196 valence electrons. The van der Waals surface area contributed by atoms with Crippen LogP contribution in [0.2, 0.25) is 0 Å². The monoisotopic (exact) mass is 487 g/mol. The number of ether oxygens (including phenoxy) is 1. The first-order chi connectivity index (χ1) is 16.0. The van der Waals surface area contributed by atoms with Crippen LogP contribution < -0.4 is 10.6 Å². The average Bonchev–Trinajstić information content (AvgIpc) is 2.63. The maximum atomic E-state index is 14.1. The molecule has 1 aliphatic rings. The second-order valence-corrected chi connectivity index (χ2v) is 12.2. The van der Waals surface area contributed by atoms with Gasteiger partial charge >= 0.3 is 6.09 Å². The van der Waals surface area contributed by atoms with E-state index in [0.717, 1.165) is 36.0 Å². The van der Waals surface area contributed by atoms with Crippen LogP contribution in [0.15, 0.2) is 18.2 Å². The summed E-state index contributed by atoms with van der Waals surface area (Å²) in [5, 5.41) is 5.87. The lowest BCUT2D eigenvalue weighted by molar-refractivity contribution is -0.148. The molecule has 0 aliphatic heterocycles. The minimum absolute atomic E-state index is 0.0680. The van der Waals surface area contributed by atoms with Crippen molar-refractivity contribution in [3.8, 4) is 0 Å². The summed E-state index contributed by atoms with van der Waals surface area (Å²) < 4.78 is 5.44. The molecule has 3 amide bonds. The summed E-state index contributed by atoms with van der Waals surface area (Å²) in [6.45, 7) is 18.9. The molecular weight excluding hydrogens is 442 g/mol. The van der Waals surface area contributed by atoms with Gasteiger partial charge in [0.2, 0.25) is 11.8 Å². The van der Waals surface area contributed by atoms with E-state index in [1.165, 1.54) is 0 Å². The number of aryl methyl sites for hydroxylation is 2. The van der Waals surface area contributed by atoms with Crippen LogP contribution in [0.25, 0.3) is 0 Å². The summed E-state index contributed by atoms with van der Waals surface area (Å²) in [6.07, 6.45) is 2.01. The molecule has 7 nitrogen and oxygen atoms in total. The predicted molar refractivity (Wildman–Crippen MR) is 139 cm³/mol. The maximum Gasteiger partial charge on any atom is 0.408 e. The van der Waals surface area contributed by atoms with Crippen molar-refractivity contribution in [1.29, 1.82) is 0 Å². The Kier molecular flexibility index (Phi) is 9.01. The highest BCUT2D eigenvalue weighted by atomic mass is 16.6. The van der Waals surface area contributed by atoms with E-state index in [4.69, 9.17) is 4.74 Å². The molecule has 7 heteroatoms. The molecule has 0 radical (unpaired) electrons. The van der Waals surface area contributed by atoms with Crippen LogP contribution in [0.4, 0.5) is 4.79 Å². The van der Waals surface area contributed by atoms with Crippen LogP contribution in [0.1, 0.15) is 97.4 Å². The predicted octanol–water partition coefficient (Wildman–Crippen LogP) is 5.19. The maximum absolute atomic E-state index is 14.1. The molecule has 1 aliphatic carbocycles. The van der Waals surface area contributed by atoms with Crippen molar-refractivity contribution in [3.63, 3.8) is 0 Å². The second kappa shape index (κ2) is 11.0. The van der Waals surface area contributed by atoms with Gasteiger partial charge in [-0.15, -0.1) is 0 Å². The van der Waals surface area contributed by atoms with E-state index >= 15 is 0 Å². The number of carbonyl (C=O) groups excluding carboxylic acids is 3. The summed E-state index contributed by atoms with van der Waals surface area (Å²) in [5.74, 6) is -0.674. The highest BCUT2D eigenvalue weighted by Gasteiger charge is 2.43. The molecule has 1 aromatic carbocycles. The Balaban J connectivity index is 2.53. The Bertz CT molecular complexity index is 923. The summed E-state index contributed by atoms with van der Waals surface area (Å²) >= 11 is 0. The number of rotatable bonds is 7. The molecule has 0 heterocycles. The Morgan fingerprint density at radius 3 is 2.03 bits per heavy atom. The Morgan fingerprint density at radius 1 is 1.00 bits per heavy atom. The first-order valence-corrected chi connectivity index (χ1v) is 12.7. The number of nitrogens with one attached hydrogen (secondary N) is 2. The summed E-state index contributed by atoms with van der Waals surface area (Å²) in [4.78, 5) is 42.2. The fraction of sp³-hybridized carbons (Fsp3) is 0.679. The number of hydrogen-bond donors (Lipinski definition) is 2. The fourth-order valence-electron chi connectivity index (χ4n) is 4.10. The lowest BCUT2D eigenvalue weighted by Gasteiger charge is -2.44. The molecular formula is C28H45N3O4. The Labute approximate surface area is 211 Å². The van der Waals surface area contributed by atoms with Crippen molar-refractivity contribution in [2.45, 2.75) is 118 Å². The van der Waals surface area contributed by atoms with Gasteiger partial charge < -0.3 is 20.3 Å². The number of benzene rings is 1. The SMILES string of the molecule is Cc1ccc(C(C(=O)NC(C)(C)C)N(C(=O)C(NC(=O)OC(C)(C)C)C(C)C)C2CCC2)cc1C. The number of amides is 3. The van der Waals surface area contributed by atoms with Gasteiger partial charge in [0.15, 0.2) is 0 Å². The second-order valence-electron chi connectivity index (χ2n) is 12.2. The average molecular weight is 488 g/mol. The normalized spacial score (nSPS) is 16.2. The van der Waals surface area contributed by atoms with Gasteiger partial charge in [-0.25, -0.2) is 4.79 Å². The standard InChI is InChI=1S/C28H45N3O4/c1-17(2)22(29-26(34)35-28(8,9)10)25(33)31(21-12-11-13-21)23(24(32)30-27(5,6)7)20-15-14-18(3)19(4)16-20/h14-17,21-23H,11-13H2,1-10H3,(H,29,34)(H,30,32). The van der Waals surface area contributed by atoms with Gasteiger partial charge in [0, 0.05) is 11.6 Å². The van der Waals surface area contributed by atoms with E-state index < -0.39 is 29.3 Å². The molecule has 1 aromatic rings. The molecule has 0 aromatic heterocycles. The van der Waals surface area contributed by atoms with E-state index in [9.17, 15) is 14.4 Å². The smallest absolute Gasteiger partial charge is 0.408 e. The summed E-state index contributed by atoms with van der Waals surface area (Å²) in [5.41, 5.74) is 1.81. The Hall–Kier alpha value is -2.57. The van der Waals surface area contributed by atoms with Crippen molar-refractivity contribution in [2.75, 3.05) is 0 Å². The van der Waals surface area contributed by atoms with Crippen LogP contribution >= 0.6 is 0 Å². The number of alkyl carbamates (subject to hydrolysis) is 1. The molecule has 2 unspecified atom stereocenters. The summed E-state index contributed by atoms with van der Waals surface area (Å²) in [7, 11) is 0. The molecule has 2 atom stereocenters. The summed E-state index contributed by atoms with van der Waals surface area (Å²) in [6, 6.07) is 4.23. The molecule has 0 bridgehead atoms. The lowest BCUT2D eigenvalue weighted by Crippen LogP contribution is -2.59. The topological polar surface area (TPSA) is 87.7 Å². The van der Waals surface area contributed by atoms with Gasteiger partial charge in [0.1, 0.15) is 17.7 Å². The quantitative estimate of drug-likeness (QED) is 0.554. The molecule has 0 spiro atoms. The fourth-order valence-corrected chi connectivity index (χ4v) is 4.10. The van der Waals surface area contributed by atoms with Crippen molar-refractivity contribution in [2.24, 2.45) is 5.92 Å². The minimum Gasteiger partial charge on any atom is -0.444 e. The van der Waals surface area contributed by atoms with Crippen molar-refractivity contribution in [1.82, 2.24) is 15.5 Å². The van der Waals surface area contributed by atoms with Crippen molar-refractivity contribution in [3.05, 3.63) is 34.9 Å². The lowest BCUT2D eigenvalue weighted by atomic mass is 9.86. The highest BCUT2D eigenvalue weighted by molar-refractivity contribution is 5.92. The highest BCUT2D eigenvalue weighted by Crippen LogP contribution is 2.35. The number of nitrogens with zero attached hydrogens (tertiary/aromatic N) is 1. The Morgan fingerprint density at radius 2 is 1.60 bits per heavy atom. The first-order valence-electron chi connectivity index (χ1n) is 12.7. The zero-order chi connectivity index (χ0) is 26.7. The minimum atomic E-state index is -0.818. The van der Waals surface area contributed by atoms with Gasteiger partial charge in [-0.1, -0.05) is 32.0 Å². The van der Waals surface area contributed by atoms with Crippen LogP contribution in [-0.4, -0.2) is 46.0 Å². The number of hydrogen-bond acceptors (Lipinski definition) is 4. The van der Waals surface area contributed by atoms with Gasteiger partial charge in [-0.05, 0) is 97.3 Å². The largest absolute Gasteiger partial charge is 0.444 e. The van der Waals surface area contributed by atoms with E-state index in [-0.39, 0.29) is 23.8 Å². The van der Waals surface area contributed by atoms with Crippen LogP contribution in [0.3, 0.4) is 0 Å². The number of carbonyl (C=O) groups is 3. The van der Waals surface area contributed by atoms with E-state index in [1.54, 1.807) is 25.7 Å². The molecule has 2 N–H and O–H groups in total. The molecule has 35 heavy (non-hydrogen) atoms. The van der Waals surface area contributed by atoms with E-state index in [2.05, 4.69) is 10.6 Å². The molecule has 2 rings (SSSR count). The van der Waals surface area contributed by atoms with Crippen molar-refractivity contribution >= 4 is 17.9 Å². The van der Waals surface area contributed by atoms with Gasteiger partial charge in [0.25, 0.3) is 0 Å². The third kappa shape index (κ3) is 7.97. The van der Waals surface area contributed by atoms with Crippen molar-refractivity contribution < 1.29 is 19.1 Å². The molecule has 0 saturated heterocycles. The van der Waals surface area contributed by atoms with Crippen LogP contribution in [0, 0.1) is 19.8 Å². The van der Waals surface area contributed by atoms with Crippen LogP contribution in [-0.2, 0) is 14.3 Å². The third-order valence-electron chi connectivity index (χ3n) is 6.20. The third-order valence-corrected chi connectivity index (χ3v) is 6.20. The van der Waals surface area contributed by atoms with Gasteiger partial charge in [0.05, 0.1) is 0 Å².